The molecule has 0 aromatic heterocycles. The fraction of sp³-hybridized carbons (Fsp3) is 0.481. The van der Waals surface area contributed by atoms with E-state index in [2.05, 4.69) is 11.7 Å². The second kappa shape index (κ2) is 20.3. The minimum atomic E-state index is -0.633. The molecule has 2 N–H and O–H groups in total. The molecular weight excluding hydrogens is 473 g/mol. The molecule has 0 radical (unpaired) electrons. The molecule has 2 aromatic rings. The fourth-order valence-corrected chi connectivity index (χ4v) is 3.31. The zero-order valence-corrected chi connectivity index (χ0v) is 21.9. The number of rotatable bonds is 14. The van der Waals surface area contributed by atoms with Crippen molar-refractivity contribution in [1.82, 2.24) is 0 Å². The lowest BCUT2D eigenvalue weighted by Crippen LogP contribution is -2.33. The summed E-state index contributed by atoms with van der Waals surface area (Å²) in [7, 11) is 1.34. The summed E-state index contributed by atoms with van der Waals surface area (Å²) in [6, 6.07) is 16.9. The van der Waals surface area contributed by atoms with Gasteiger partial charge in [-0.2, -0.15) is 0 Å². The van der Waals surface area contributed by atoms with Gasteiger partial charge in [0, 0.05) is 6.42 Å². The van der Waals surface area contributed by atoms with Gasteiger partial charge in [-0.25, -0.2) is 0 Å². The standard InChI is InChI=1S/C17H19NO3.C10H19ClO.ClH/c1-20-17(19)16(18)11-13-7-9-15(10-8-13)21-12-14-5-3-2-4-6-14;1-2-3-4-5-6-7-8-9-10(11)12;/h2-10,16H,11-12,18H2,1H3;2-9H2,1H3;1H/t16-;;/m0../s1. The molecule has 0 aliphatic heterocycles. The lowest BCUT2D eigenvalue weighted by Gasteiger charge is -2.10. The minimum absolute atomic E-state index is 0. The van der Waals surface area contributed by atoms with Crippen LogP contribution in [0.2, 0.25) is 0 Å². The summed E-state index contributed by atoms with van der Waals surface area (Å²) in [6.45, 7) is 2.74. The van der Waals surface area contributed by atoms with Crippen LogP contribution in [0.4, 0.5) is 0 Å². The van der Waals surface area contributed by atoms with Crippen LogP contribution < -0.4 is 10.5 Å². The van der Waals surface area contributed by atoms with E-state index in [1.54, 1.807) is 0 Å². The molecule has 5 nitrogen and oxygen atoms in total. The first-order valence-corrected chi connectivity index (χ1v) is 12.1. The van der Waals surface area contributed by atoms with Crippen LogP contribution in [-0.4, -0.2) is 24.4 Å². The van der Waals surface area contributed by atoms with Crippen molar-refractivity contribution in [1.29, 1.82) is 0 Å². The molecule has 34 heavy (non-hydrogen) atoms. The van der Waals surface area contributed by atoms with E-state index in [0.717, 1.165) is 29.7 Å². The van der Waals surface area contributed by atoms with E-state index in [-0.39, 0.29) is 17.6 Å². The molecule has 1 atom stereocenters. The Hall–Kier alpha value is -2.08. The molecular formula is C27H39Cl2NO4. The van der Waals surface area contributed by atoms with Crippen LogP contribution in [-0.2, 0) is 27.4 Å². The van der Waals surface area contributed by atoms with Gasteiger partial charge in [0.15, 0.2) is 0 Å². The molecule has 0 saturated carbocycles. The summed E-state index contributed by atoms with van der Waals surface area (Å²) in [6.07, 6.45) is 9.66. The summed E-state index contributed by atoms with van der Waals surface area (Å²) in [4.78, 5) is 21.6. The van der Waals surface area contributed by atoms with Gasteiger partial charge in [-0.05, 0) is 47.7 Å². The first-order valence-electron chi connectivity index (χ1n) is 11.7. The Kier molecular flexibility index (Phi) is 19.1. The first kappa shape index (κ1) is 31.9. The Balaban J connectivity index is 0.000000723. The zero-order valence-electron chi connectivity index (χ0n) is 20.3. The van der Waals surface area contributed by atoms with Gasteiger partial charge in [0.25, 0.3) is 0 Å². The molecule has 0 aliphatic carbocycles. The average molecular weight is 513 g/mol. The van der Waals surface area contributed by atoms with Crippen molar-refractivity contribution in [3.8, 4) is 5.75 Å². The van der Waals surface area contributed by atoms with E-state index in [9.17, 15) is 9.59 Å². The Bertz CT molecular complexity index is 785. The molecule has 0 saturated heterocycles. The predicted molar refractivity (Wildman–Crippen MR) is 142 cm³/mol. The van der Waals surface area contributed by atoms with Gasteiger partial charge in [0.05, 0.1) is 7.11 Å². The molecule has 0 fully saturated rings. The highest BCUT2D eigenvalue weighted by molar-refractivity contribution is 6.63. The van der Waals surface area contributed by atoms with E-state index < -0.39 is 12.0 Å². The van der Waals surface area contributed by atoms with Gasteiger partial charge >= 0.3 is 5.97 Å². The number of benzene rings is 2. The maximum absolute atomic E-state index is 11.3. The fourth-order valence-electron chi connectivity index (χ4n) is 3.17. The van der Waals surface area contributed by atoms with Crippen molar-refractivity contribution in [2.24, 2.45) is 5.73 Å². The van der Waals surface area contributed by atoms with Gasteiger partial charge in [-0.1, -0.05) is 87.9 Å². The summed E-state index contributed by atoms with van der Waals surface area (Å²) < 4.78 is 10.3. The van der Waals surface area contributed by atoms with Crippen LogP contribution in [0.1, 0.15) is 69.4 Å². The summed E-state index contributed by atoms with van der Waals surface area (Å²) in [5.74, 6) is 0.383. The van der Waals surface area contributed by atoms with Crippen LogP contribution in [0.25, 0.3) is 0 Å². The first-order chi connectivity index (χ1) is 16.0. The quantitative estimate of drug-likeness (QED) is 0.175. The number of ether oxygens (including phenoxy) is 2. The summed E-state index contributed by atoms with van der Waals surface area (Å²) >= 11 is 5.20. The minimum Gasteiger partial charge on any atom is -0.489 e. The van der Waals surface area contributed by atoms with Crippen LogP contribution >= 0.6 is 24.0 Å². The highest BCUT2D eigenvalue weighted by Crippen LogP contribution is 2.15. The molecule has 190 valence electrons. The van der Waals surface area contributed by atoms with E-state index in [1.807, 2.05) is 54.6 Å². The van der Waals surface area contributed by atoms with Crippen molar-refractivity contribution >= 4 is 35.2 Å². The summed E-state index contributed by atoms with van der Waals surface area (Å²) in [5.41, 5.74) is 7.82. The molecule has 0 unspecified atom stereocenters. The lowest BCUT2D eigenvalue weighted by molar-refractivity contribution is -0.142. The third-order valence-corrected chi connectivity index (χ3v) is 5.30. The number of hydrogen-bond donors (Lipinski definition) is 1. The van der Waals surface area contributed by atoms with Gasteiger partial charge in [0.2, 0.25) is 5.24 Å². The van der Waals surface area contributed by atoms with Gasteiger partial charge in [-0.3, -0.25) is 9.59 Å². The molecule has 0 amide bonds. The lowest BCUT2D eigenvalue weighted by atomic mass is 10.1. The molecule has 7 heteroatoms. The highest BCUT2D eigenvalue weighted by atomic mass is 35.5. The Morgan fingerprint density at radius 2 is 1.47 bits per heavy atom. The van der Waals surface area contributed by atoms with E-state index in [4.69, 9.17) is 22.1 Å². The van der Waals surface area contributed by atoms with Crippen molar-refractivity contribution in [2.45, 2.75) is 77.4 Å². The van der Waals surface area contributed by atoms with Gasteiger partial charge in [0.1, 0.15) is 18.4 Å². The maximum atomic E-state index is 11.3. The number of halogens is 2. The number of unbranched alkanes of at least 4 members (excludes halogenated alkanes) is 6. The maximum Gasteiger partial charge on any atom is 0.322 e. The van der Waals surface area contributed by atoms with Crippen LogP contribution in [0.5, 0.6) is 5.75 Å². The van der Waals surface area contributed by atoms with Gasteiger partial charge < -0.3 is 15.2 Å². The van der Waals surface area contributed by atoms with Crippen LogP contribution in [0, 0.1) is 0 Å². The van der Waals surface area contributed by atoms with Gasteiger partial charge in [-0.15, -0.1) is 12.4 Å². The zero-order chi connectivity index (χ0) is 24.3. The van der Waals surface area contributed by atoms with Crippen molar-refractivity contribution in [2.75, 3.05) is 7.11 Å². The molecule has 2 rings (SSSR count). The number of nitrogens with two attached hydrogens (primary N) is 1. The molecule has 0 spiro atoms. The second-order valence-electron chi connectivity index (χ2n) is 7.98. The molecule has 0 heterocycles. The largest absolute Gasteiger partial charge is 0.489 e. The summed E-state index contributed by atoms with van der Waals surface area (Å²) in [5, 5.41) is -0.191. The number of carbonyl (C=O) groups excluding carboxylic acids is 2. The van der Waals surface area contributed by atoms with Crippen molar-refractivity contribution in [3.05, 3.63) is 65.7 Å². The Labute approximate surface area is 215 Å². The SMILES string of the molecule is CCCCCCCCCC(=O)Cl.COC(=O)[C@@H](N)Cc1ccc(OCc2ccccc2)cc1.Cl. The second-order valence-corrected chi connectivity index (χ2v) is 8.40. The normalized spacial score (nSPS) is 10.8. The number of hydrogen-bond acceptors (Lipinski definition) is 5. The highest BCUT2D eigenvalue weighted by Gasteiger charge is 2.14. The number of esters is 1. The van der Waals surface area contributed by atoms with Crippen molar-refractivity contribution in [3.63, 3.8) is 0 Å². The molecule has 0 bridgehead atoms. The Morgan fingerprint density at radius 3 is 2.03 bits per heavy atom. The molecule has 0 aliphatic rings. The monoisotopic (exact) mass is 511 g/mol. The predicted octanol–water partition coefficient (Wildman–Crippen LogP) is 6.62. The van der Waals surface area contributed by atoms with E-state index in [1.165, 1.54) is 39.2 Å². The number of methoxy groups -OCH3 is 1. The van der Waals surface area contributed by atoms with Crippen molar-refractivity contribution < 1.29 is 19.1 Å². The van der Waals surface area contributed by atoms with E-state index >= 15 is 0 Å². The van der Waals surface area contributed by atoms with Crippen LogP contribution in [0.3, 0.4) is 0 Å². The number of carbonyl (C=O) groups is 2. The van der Waals surface area contributed by atoms with Crippen LogP contribution in [0.15, 0.2) is 54.6 Å². The topological polar surface area (TPSA) is 78.6 Å². The average Bonchev–Trinajstić information content (AvgIpc) is 2.83. The Morgan fingerprint density at radius 1 is 0.882 bits per heavy atom. The third-order valence-electron chi connectivity index (χ3n) is 5.11. The van der Waals surface area contributed by atoms with E-state index in [0.29, 0.717) is 19.4 Å². The smallest absolute Gasteiger partial charge is 0.322 e. The molecule has 2 aromatic carbocycles. The third kappa shape index (κ3) is 15.7.